The van der Waals surface area contributed by atoms with E-state index in [0.29, 0.717) is 6.61 Å². The van der Waals surface area contributed by atoms with Crippen LogP contribution in [0.3, 0.4) is 0 Å². The summed E-state index contributed by atoms with van der Waals surface area (Å²) in [7, 11) is 0. The second-order valence-electron chi connectivity index (χ2n) is 4.91. The van der Waals surface area contributed by atoms with E-state index in [2.05, 4.69) is 6.92 Å². The van der Waals surface area contributed by atoms with Crippen molar-refractivity contribution < 1.29 is 14.6 Å². The number of benzene rings is 1. The number of aliphatic carboxylic acids is 1. The van der Waals surface area contributed by atoms with Crippen molar-refractivity contribution in [2.75, 3.05) is 6.61 Å². The quantitative estimate of drug-likeness (QED) is 0.686. The van der Waals surface area contributed by atoms with Crippen molar-refractivity contribution in [2.45, 2.75) is 52.1 Å². The molecular weight excluding hydrogens is 240 g/mol. The second kappa shape index (κ2) is 8.70. The lowest BCUT2D eigenvalue weighted by atomic mass is 10.0. The number of hydrogen-bond acceptors (Lipinski definition) is 2. The maximum atomic E-state index is 10.9. The molecule has 0 heterocycles. The molecular formula is C16H24O3. The second-order valence-corrected chi connectivity index (χ2v) is 4.91. The van der Waals surface area contributed by atoms with Crippen molar-refractivity contribution in [2.24, 2.45) is 0 Å². The topological polar surface area (TPSA) is 46.5 Å². The Bertz CT molecular complexity index is 370. The Labute approximate surface area is 115 Å². The molecule has 0 spiro atoms. The Kier molecular flexibility index (Phi) is 7.19. The van der Waals surface area contributed by atoms with Crippen molar-refractivity contribution in [3.63, 3.8) is 0 Å². The van der Waals surface area contributed by atoms with Crippen LogP contribution in [0.1, 0.15) is 56.6 Å². The third-order valence-electron chi connectivity index (χ3n) is 3.26. The van der Waals surface area contributed by atoms with Gasteiger partial charge in [-0.05, 0) is 24.5 Å². The number of carboxylic acid groups (broad SMARTS) is 1. The summed E-state index contributed by atoms with van der Waals surface area (Å²) >= 11 is 0. The lowest BCUT2D eigenvalue weighted by molar-refractivity contribution is -0.138. The van der Waals surface area contributed by atoms with Crippen molar-refractivity contribution >= 4 is 5.97 Å². The smallest absolute Gasteiger partial charge is 0.310 e. The van der Waals surface area contributed by atoms with Crippen molar-refractivity contribution in [1.82, 2.24) is 0 Å². The molecule has 0 fully saturated rings. The number of unbranched alkanes of at least 4 members (excludes halogenated alkanes) is 3. The maximum Gasteiger partial charge on any atom is 0.310 e. The Hall–Kier alpha value is -1.35. The third kappa shape index (κ3) is 5.88. The monoisotopic (exact) mass is 264 g/mol. The van der Waals surface area contributed by atoms with Gasteiger partial charge in [0.1, 0.15) is 0 Å². The molecule has 1 atom stereocenters. The molecule has 0 aromatic heterocycles. The molecule has 0 aliphatic rings. The molecule has 1 aromatic carbocycles. The Morgan fingerprint density at radius 3 is 2.47 bits per heavy atom. The highest BCUT2D eigenvalue weighted by atomic mass is 16.5. The molecule has 0 bridgehead atoms. The number of ether oxygens (including phenoxy) is 1. The van der Waals surface area contributed by atoms with Crippen LogP contribution in [0.4, 0.5) is 0 Å². The zero-order chi connectivity index (χ0) is 14.1. The van der Waals surface area contributed by atoms with Gasteiger partial charge in [-0.1, -0.05) is 50.5 Å². The summed E-state index contributed by atoms with van der Waals surface area (Å²) in [5, 5.41) is 8.92. The molecule has 0 saturated carbocycles. The van der Waals surface area contributed by atoms with Gasteiger partial charge >= 0.3 is 5.97 Å². The summed E-state index contributed by atoms with van der Waals surface area (Å²) in [5.41, 5.74) is 1.93. The normalized spacial score (nSPS) is 12.3. The minimum Gasteiger partial charge on any atom is -0.481 e. The average Bonchev–Trinajstić information content (AvgIpc) is 2.42. The number of rotatable bonds is 9. The fraction of sp³-hybridized carbons (Fsp3) is 0.562. The molecule has 19 heavy (non-hydrogen) atoms. The fourth-order valence-electron chi connectivity index (χ4n) is 1.87. The summed E-state index contributed by atoms with van der Waals surface area (Å²) in [4.78, 5) is 10.9. The van der Waals surface area contributed by atoms with Crippen molar-refractivity contribution in [3.8, 4) is 0 Å². The van der Waals surface area contributed by atoms with Gasteiger partial charge in [0.15, 0.2) is 0 Å². The van der Waals surface area contributed by atoms with E-state index in [9.17, 15) is 4.79 Å². The summed E-state index contributed by atoms with van der Waals surface area (Å²) in [6, 6.07) is 7.63. The Morgan fingerprint density at radius 1 is 1.21 bits per heavy atom. The van der Waals surface area contributed by atoms with Gasteiger partial charge in [-0.15, -0.1) is 0 Å². The van der Waals surface area contributed by atoms with E-state index in [1.807, 2.05) is 24.3 Å². The molecule has 0 amide bonds. The molecule has 0 saturated heterocycles. The van der Waals surface area contributed by atoms with Gasteiger partial charge in [0.25, 0.3) is 0 Å². The first-order chi connectivity index (χ1) is 9.15. The average molecular weight is 264 g/mol. The van der Waals surface area contributed by atoms with Crippen molar-refractivity contribution in [1.29, 1.82) is 0 Å². The highest BCUT2D eigenvalue weighted by molar-refractivity contribution is 5.75. The molecule has 1 unspecified atom stereocenters. The predicted molar refractivity (Wildman–Crippen MR) is 76.3 cm³/mol. The van der Waals surface area contributed by atoms with Gasteiger partial charge in [-0.2, -0.15) is 0 Å². The van der Waals surface area contributed by atoms with E-state index in [0.717, 1.165) is 24.2 Å². The number of hydrogen-bond donors (Lipinski definition) is 1. The van der Waals surface area contributed by atoms with Crippen LogP contribution >= 0.6 is 0 Å². The van der Waals surface area contributed by atoms with Gasteiger partial charge in [0.05, 0.1) is 12.5 Å². The number of carboxylic acids is 1. The maximum absolute atomic E-state index is 10.9. The molecule has 0 radical (unpaired) electrons. The SMILES string of the molecule is CCCCCCOCc1ccc(C(C)C(=O)O)cc1. The van der Waals surface area contributed by atoms with Gasteiger partial charge in [0.2, 0.25) is 0 Å². The van der Waals surface area contributed by atoms with E-state index in [4.69, 9.17) is 9.84 Å². The summed E-state index contributed by atoms with van der Waals surface area (Å²) in [5.74, 6) is -1.25. The number of carbonyl (C=O) groups is 1. The summed E-state index contributed by atoms with van der Waals surface area (Å²) < 4.78 is 5.60. The summed E-state index contributed by atoms with van der Waals surface area (Å²) in [6.45, 7) is 5.29. The zero-order valence-electron chi connectivity index (χ0n) is 11.9. The third-order valence-corrected chi connectivity index (χ3v) is 3.26. The molecule has 1 N–H and O–H groups in total. The minimum absolute atomic E-state index is 0.455. The predicted octanol–water partition coefficient (Wildman–Crippen LogP) is 3.97. The molecule has 1 aromatic rings. The van der Waals surface area contributed by atoms with E-state index in [1.165, 1.54) is 19.3 Å². The van der Waals surface area contributed by atoms with E-state index >= 15 is 0 Å². The van der Waals surface area contributed by atoms with Crippen LogP contribution in [0.25, 0.3) is 0 Å². The highest BCUT2D eigenvalue weighted by Gasteiger charge is 2.12. The highest BCUT2D eigenvalue weighted by Crippen LogP contribution is 2.16. The molecule has 0 aliphatic heterocycles. The van der Waals surface area contributed by atoms with E-state index < -0.39 is 11.9 Å². The van der Waals surface area contributed by atoms with E-state index in [-0.39, 0.29) is 0 Å². The molecule has 3 nitrogen and oxygen atoms in total. The molecule has 0 aliphatic carbocycles. The summed E-state index contributed by atoms with van der Waals surface area (Å²) in [6.07, 6.45) is 4.85. The van der Waals surface area contributed by atoms with Crippen LogP contribution in [0.5, 0.6) is 0 Å². The molecule has 106 valence electrons. The first-order valence-corrected chi connectivity index (χ1v) is 7.04. The standard InChI is InChI=1S/C16H24O3/c1-3-4-5-6-11-19-12-14-7-9-15(10-8-14)13(2)16(17)18/h7-10,13H,3-6,11-12H2,1-2H3,(H,17,18). The minimum atomic E-state index is -0.792. The van der Waals surface area contributed by atoms with Gasteiger partial charge in [0, 0.05) is 6.61 Å². The van der Waals surface area contributed by atoms with Crippen LogP contribution in [-0.4, -0.2) is 17.7 Å². The van der Waals surface area contributed by atoms with Crippen LogP contribution in [0, 0.1) is 0 Å². The first-order valence-electron chi connectivity index (χ1n) is 7.04. The van der Waals surface area contributed by atoms with E-state index in [1.54, 1.807) is 6.92 Å². The lowest BCUT2D eigenvalue weighted by Crippen LogP contribution is -2.07. The zero-order valence-corrected chi connectivity index (χ0v) is 11.9. The largest absolute Gasteiger partial charge is 0.481 e. The lowest BCUT2D eigenvalue weighted by Gasteiger charge is -2.08. The molecule has 3 heteroatoms. The van der Waals surface area contributed by atoms with Gasteiger partial charge < -0.3 is 9.84 Å². The van der Waals surface area contributed by atoms with Crippen LogP contribution in [0.15, 0.2) is 24.3 Å². The van der Waals surface area contributed by atoms with Crippen LogP contribution in [-0.2, 0) is 16.1 Å². The van der Waals surface area contributed by atoms with Crippen molar-refractivity contribution in [3.05, 3.63) is 35.4 Å². The van der Waals surface area contributed by atoms with Crippen LogP contribution in [0.2, 0.25) is 0 Å². The molecule has 1 rings (SSSR count). The van der Waals surface area contributed by atoms with Crippen LogP contribution < -0.4 is 0 Å². The fourth-order valence-corrected chi connectivity index (χ4v) is 1.87. The van der Waals surface area contributed by atoms with Gasteiger partial charge in [-0.25, -0.2) is 0 Å². The Morgan fingerprint density at radius 2 is 1.89 bits per heavy atom. The Balaban J connectivity index is 2.30. The van der Waals surface area contributed by atoms with Gasteiger partial charge in [-0.3, -0.25) is 4.79 Å². The first kappa shape index (κ1) is 15.7.